The maximum Gasteiger partial charge on any atom is 0.0226 e. The zero-order valence-electron chi connectivity index (χ0n) is 7.58. The Balaban J connectivity index is 2.04. The molecule has 1 unspecified atom stereocenters. The first kappa shape index (κ1) is 7.56. The summed E-state index contributed by atoms with van der Waals surface area (Å²) in [6.45, 7) is 6.26. The molecule has 0 aromatic rings. The third-order valence-electron chi connectivity index (χ3n) is 3.09. The summed E-state index contributed by atoms with van der Waals surface area (Å²) in [5, 5.41) is 0. The van der Waals surface area contributed by atoms with E-state index in [2.05, 4.69) is 23.8 Å². The molecule has 2 atom stereocenters. The molecule has 2 aliphatic rings. The molecular weight excluding hydrogens is 136 g/mol. The van der Waals surface area contributed by atoms with E-state index in [1.54, 1.807) is 0 Å². The van der Waals surface area contributed by atoms with E-state index in [4.69, 9.17) is 0 Å². The molecule has 2 heterocycles. The van der Waals surface area contributed by atoms with Gasteiger partial charge in [0.1, 0.15) is 0 Å². The van der Waals surface area contributed by atoms with E-state index in [-0.39, 0.29) is 0 Å². The topological polar surface area (TPSA) is 6.48 Å². The lowest BCUT2D eigenvalue weighted by Gasteiger charge is -2.40. The van der Waals surface area contributed by atoms with E-state index in [1.807, 2.05) is 0 Å². The molecular formula is C9H18N2. The van der Waals surface area contributed by atoms with Gasteiger partial charge in [0.25, 0.3) is 0 Å². The summed E-state index contributed by atoms with van der Waals surface area (Å²) in [6, 6.07) is 1.67. The largest absolute Gasteiger partial charge is 0.303 e. The van der Waals surface area contributed by atoms with E-state index in [9.17, 15) is 0 Å². The van der Waals surface area contributed by atoms with Crippen LogP contribution in [-0.4, -0.2) is 48.6 Å². The van der Waals surface area contributed by atoms with Crippen molar-refractivity contribution in [2.24, 2.45) is 0 Å². The molecule has 0 aliphatic carbocycles. The van der Waals surface area contributed by atoms with Crippen LogP contribution >= 0.6 is 0 Å². The maximum atomic E-state index is 2.68. The van der Waals surface area contributed by atoms with Crippen molar-refractivity contribution in [1.29, 1.82) is 0 Å². The second kappa shape index (κ2) is 2.76. The molecule has 2 aliphatic heterocycles. The minimum Gasteiger partial charge on any atom is -0.303 e. The lowest BCUT2D eigenvalue weighted by molar-refractivity contribution is 0.0747. The molecule has 0 bridgehead atoms. The van der Waals surface area contributed by atoms with Crippen LogP contribution in [0.5, 0.6) is 0 Å². The molecule has 0 aromatic heterocycles. The van der Waals surface area contributed by atoms with Crippen molar-refractivity contribution >= 4 is 0 Å². The number of hydrogen-bond donors (Lipinski definition) is 0. The number of fused-ring (bicyclic) bond motifs is 1. The highest BCUT2D eigenvalue weighted by molar-refractivity contribution is 4.89. The summed E-state index contributed by atoms with van der Waals surface area (Å²) < 4.78 is 0. The van der Waals surface area contributed by atoms with E-state index >= 15 is 0 Å². The van der Waals surface area contributed by atoms with Crippen LogP contribution in [0.4, 0.5) is 0 Å². The molecule has 0 amide bonds. The highest BCUT2D eigenvalue weighted by Crippen LogP contribution is 2.24. The minimum absolute atomic E-state index is 0.793. The third-order valence-corrected chi connectivity index (χ3v) is 3.09. The zero-order valence-corrected chi connectivity index (χ0v) is 7.58. The summed E-state index contributed by atoms with van der Waals surface area (Å²) in [5.41, 5.74) is 0. The van der Waals surface area contributed by atoms with Crippen LogP contribution in [0.2, 0.25) is 0 Å². The fourth-order valence-corrected chi connectivity index (χ4v) is 2.62. The number of hydrogen-bond acceptors (Lipinski definition) is 2. The third kappa shape index (κ3) is 1.30. The Morgan fingerprint density at radius 2 is 2.09 bits per heavy atom. The van der Waals surface area contributed by atoms with Gasteiger partial charge in [0.15, 0.2) is 0 Å². The van der Waals surface area contributed by atoms with Crippen LogP contribution in [0.3, 0.4) is 0 Å². The Morgan fingerprint density at radius 3 is 2.91 bits per heavy atom. The fourth-order valence-electron chi connectivity index (χ4n) is 2.62. The molecule has 0 saturated carbocycles. The van der Waals surface area contributed by atoms with Gasteiger partial charge < -0.3 is 4.90 Å². The molecule has 2 heteroatoms. The summed E-state index contributed by atoms with van der Waals surface area (Å²) in [6.07, 6.45) is 2.84. The van der Waals surface area contributed by atoms with Gasteiger partial charge in [-0.15, -0.1) is 0 Å². The summed E-state index contributed by atoms with van der Waals surface area (Å²) >= 11 is 0. The van der Waals surface area contributed by atoms with Crippen LogP contribution in [0, 0.1) is 0 Å². The van der Waals surface area contributed by atoms with Gasteiger partial charge in [-0.1, -0.05) is 0 Å². The molecule has 11 heavy (non-hydrogen) atoms. The second-order valence-corrected chi connectivity index (χ2v) is 4.10. The first-order valence-corrected chi connectivity index (χ1v) is 4.71. The average molecular weight is 154 g/mol. The number of piperazine rings is 1. The zero-order chi connectivity index (χ0) is 7.84. The van der Waals surface area contributed by atoms with Gasteiger partial charge in [0.2, 0.25) is 0 Å². The number of nitrogens with zero attached hydrogens (tertiary/aromatic N) is 2. The number of rotatable bonds is 0. The normalized spacial score (nSPS) is 40.9. The van der Waals surface area contributed by atoms with Crippen LogP contribution in [0.15, 0.2) is 0 Å². The minimum atomic E-state index is 0.793. The lowest BCUT2D eigenvalue weighted by atomic mass is 10.1. The molecule has 64 valence electrons. The maximum absolute atomic E-state index is 2.68. The van der Waals surface area contributed by atoms with Crippen molar-refractivity contribution < 1.29 is 0 Å². The van der Waals surface area contributed by atoms with Crippen molar-refractivity contribution in [1.82, 2.24) is 9.80 Å². The molecule has 0 N–H and O–H groups in total. The second-order valence-electron chi connectivity index (χ2n) is 4.10. The van der Waals surface area contributed by atoms with Gasteiger partial charge in [0.05, 0.1) is 0 Å². The van der Waals surface area contributed by atoms with Gasteiger partial charge in [-0.25, -0.2) is 0 Å². The van der Waals surface area contributed by atoms with Crippen molar-refractivity contribution in [3.05, 3.63) is 0 Å². The van der Waals surface area contributed by atoms with Crippen molar-refractivity contribution in [2.75, 3.05) is 26.7 Å². The van der Waals surface area contributed by atoms with Gasteiger partial charge in [-0.3, -0.25) is 4.90 Å². The van der Waals surface area contributed by atoms with E-state index < -0.39 is 0 Å². The number of likely N-dealkylation sites (N-methyl/N-ethyl adjacent to an activating group) is 1. The SMILES string of the molecule is C[C@@H]1CN(C)CC2CCCN21. The van der Waals surface area contributed by atoms with Gasteiger partial charge in [-0.05, 0) is 33.4 Å². The van der Waals surface area contributed by atoms with Crippen molar-refractivity contribution in [3.63, 3.8) is 0 Å². The van der Waals surface area contributed by atoms with Gasteiger partial charge >= 0.3 is 0 Å². The predicted octanol–water partition coefficient (Wildman–Crippen LogP) is 0.785. The first-order chi connectivity index (χ1) is 5.27. The van der Waals surface area contributed by atoms with E-state index in [0.717, 1.165) is 12.1 Å². The molecule has 0 aromatic carbocycles. The summed E-state index contributed by atoms with van der Waals surface area (Å²) in [7, 11) is 2.24. The Morgan fingerprint density at radius 1 is 1.27 bits per heavy atom. The Kier molecular flexibility index (Phi) is 1.90. The molecule has 2 nitrogen and oxygen atoms in total. The highest BCUT2D eigenvalue weighted by atomic mass is 15.3. The van der Waals surface area contributed by atoms with Gasteiger partial charge in [-0.2, -0.15) is 0 Å². The Bertz CT molecular complexity index is 146. The van der Waals surface area contributed by atoms with Crippen molar-refractivity contribution in [3.8, 4) is 0 Å². The Hall–Kier alpha value is -0.0800. The summed E-state index contributed by atoms with van der Waals surface area (Å²) in [5.74, 6) is 0. The molecule has 2 saturated heterocycles. The van der Waals surface area contributed by atoms with Gasteiger partial charge in [0, 0.05) is 25.2 Å². The van der Waals surface area contributed by atoms with Crippen LogP contribution in [0.1, 0.15) is 19.8 Å². The standard InChI is InChI=1S/C9H18N2/c1-8-6-10(2)7-9-4-3-5-11(8)9/h8-9H,3-7H2,1-2H3/t8-,9?/m1/s1. The van der Waals surface area contributed by atoms with Crippen LogP contribution in [-0.2, 0) is 0 Å². The lowest BCUT2D eigenvalue weighted by Crippen LogP contribution is -2.53. The quantitative estimate of drug-likeness (QED) is 0.509. The highest BCUT2D eigenvalue weighted by Gasteiger charge is 2.33. The molecule has 0 spiro atoms. The Labute approximate surface area is 69.2 Å². The van der Waals surface area contributed by atoms with Crippen LogP contribution in [0.25, 0.3) is 0 Å². The monoisotopic (exact) mass is 154 g/mol. The molecule has 0 radical (unpaired) electrons. The van der Waals surface area contributed by atoms with Crippen LogP contribution < -0.4 is 0 Å². The summed E-state index contributed by atoms with van der Waals surface area (Å²) in [4.78, 5) is 5.15. The average Bonchev–Trinajstić information content (AvgIpc) is 2.34. The van der Waals surface area contributed by atoms with Crippen molar-refractivity contribution in [2.45, 2.75) is 31.8 Å². The molecule has 2 fully saturated rings. The van der Waals surface area contributed by atoms with E-state index in [0.29, 0.717) is 0 Å². The molecule has 2 rings (SSSR count). The van der Waals surface area contributed by atoms with E-state index in [1.165, 1.54) is 32.5 Å². The predicted molar refractivity (Wildman–Crippen MR) is 46.7 cm³/mol. The smallest absolute Gasteiger partial charge is 0.0226 e. The fraction of sp³-hybridized carbons (Fsp3) is 1.00. The first-order valence-electron chi connectivity index (χ1n) is 4.71.